The smallest absolute Gasteiger partial charge is 0.0476 e. The number of hydrogen-bond donors (Lipinski definition) is 0. The molecule has 10 aromatic carbocycles. The first kappa shape index (κ1) is 34.0. The number of anilines is 3. The lowest BCUT2D eigenvalue weighted by atomic mass is 9.84. The van der Waals surface area contributed by atoms with Crippen molar-refractivity contribution in [1.82, 2.24) is 0 Å². The van der Waals surface area contributed by atoms with Crippen LogP contribution in [0.5, 0.6) is 0 Å². The molecule has 0 aliphatic carbocycles. The molecule has 0 fully saturated rings. The Hall–Kier alpha value is -7.26. The van der Waals surface area contributed by atoms with E-state index < -0.39 is 0 Å². The van der Waals surface area contributed by atoms with Gasteiger partial charge in [-0.25, -0.2) is 0 Å². The maximum atomic E-state index is 2.42. The average Bonchev–Trinajstić information content (AvgIpc) is 3.67. The molecule has 58 heavy (non-hydrogen) atoms. The van der Waals surface area contributed by atoms with Gasteiger partial charge in [-0.05, 0) is 115 Å². The molecule has 0 amide bonds. The highest BCUT2D eigenvalue weighted by Gasteiger charge is 2.20. The summed E-state index contributed by atoms with van der Waals surface area (Å²) >= 11 is 1.86. The van der Waals surface area contributed by atoms with Crippen molar-refractivity contribution in [3.8, 4) is 44.5 Å². The van der Waals surface area contributed by atoms with Gasteiger partial charge >= 0.3 is 0 Å². The first-order valence-corrected chi connectivity index (χ1v) is 20.7. The predicted octanol–water partition coefficient (Wildman–Crippen LogP) is 16.5. The van der Waals surface area contributed by atoms with Crippen LogP contribution in [0.1, 0.15) is 0 Å². The lowest BCUT2D eigenvalue weighted by molar-refractivity contribution is 1.29. The van der Waals surface area contributed by atoms with Crippen LogP contribution in [0.3, 0.4) is 0 Å². The van der Waals surface area contributed by atoms with Crippen LogP contribution < -0.4 is 4.90 Å². The topological polar surface area (TPSA) is 3.24 Å². The maximum Gasteiger partial charge on any atom is 0.0476 e. The van der Waals surface area contributed by atoms with Crippen molar-refractivity contribution in [2.24, 2.45) is 0 Å². The van der Waals surface area contributed by atoms with Gasteiger partial charge in [0, 0.05) is 37.2 Å². The van der Waals surface area contributed by atoms with E-state index in [0.717, 1.165) is 17.1 Å². The zero-order valence-corrected chi connectivity index (χ0v) is 32.5. The van der Waals surface area contributed by atoms with E-state index >= 15 is 0 Å². The minimum atomic E-state index is 1.11. The van der Waals surface area contributed by atoms with Crippen LogP contribution in [-0.4, -0.2) is 0 Å². The van der Waals surface area contributed by atoms with Gasteiger partial charge in [-0.15, -0.1) is 11.3 Å². The standard InChI is InChI=1S/C56H37NS/c1-4-16-38(17-5-1)41-22-14-24-44(34-41)57(46-31-33-50-49-27-12-13-29-53(49)58-54(50)37-46)45-25-15-23-42(35-45)43-30-32-48-47-26-10-11-28-51(47)55(39-18-6-2-7-19-39)56(52(48)36-43)40-20-8-3-9-21-40/h1-37H. The van der Waals surface area contributed by atoms with Gasteiger partial charge in [-0.2, -0.15) is 0 Å². The zero-order valence-electron chi connectivity index (χ0n) is 31.7. The third-order valence-corrected chi connectivity index (χ3v) is 12.6. The fraction of sp³-hybridized carbons (Fsp3) is 0. The van der Waals surface area contributed by atoms with Gasteiger partial charge in [-0.3, -0.25) is 0 Å². The summed E-state index contributed by atoms with van der Waals surface area (Å²) in [6, 6.07) is 82.0. The maximum absolute atomic E-state index is 2.42. The lowest BCUT2D eigenvalue weighted by Gasteiger charge is -2.27. The summed E-state index contributed by atoms with van der Waals surface area (Å²) in [4.78, 5) is 2.41. The SMILES string of the molecule is c1ccc(-c2cccc(N(c3cccc(-c4ccc5c(c4)c(-c4ccccc4)c(-c4ccccc4)c4ccccc45)c3)c3ccc4c(c3)sc3ccccc34)c2)cc1. The highest BCUT2D eigenvalue weighted by atomic mass is 32.1. The second kappa shape index (κ2) is 14.4. The minimum absolute atomic E-state index is 1.11. The van der Waals surface area contributed by atoms with Crippen molar-refractivity contribution < 1.29 is 0 Å². The highest BCUT2D eigenvalue weighted by Crippen LogP contribution is 2.47. The summed E-state index contributed by atoms with van der Waals surface area (Å²) in [7, 11) is 0. The highest BCUT2D eigenvalue weighted by molar-refractivity contribution is 7.25. The number of thiophene rings is 1. The second-order valence-corrected chi connectivity index (χ2v) is 16.0. The summed E-state index contributed by atoms with van der Waals surface area (Å²) in [6.07, 6.45) is 0. The molecule has 2 heteroatoms. The molecule has 11 rings (SSSR count). The molecule has 0 unspecified atom stereocenters. The first-order valence-electron chi connectivity index (χ1n) is 19.8. The van der Waals surface area contributed by atoms with Crippen molar-refractivity contribution in [2.45, 2.75) is 0 Å². The van der Waals surface area contributed by atoms with Gasteiger partial charge in [0.1, 0.15) is 0 Å². The normalized spacial score (nSPS) is 11.4. The fourth-order valence-electron chi connectivity index (χ4n) is 8.76. The molecule has 0 bridgehead atoms. The Morgan fingerprint density at radius 2 is 0.690 bits per heavy atom. The van der Waals surface area contributed by atoms with Crippen LogP contribution in [0.25, 0.3) is 86.2 Å². The van der Waals surface area contributed by atoms with E-state index in [9.17, 15) is 0 Å². The molecule has 0 saturated carbocycles. The molecule has 0 atom stereocenters. The summed E-state index contributed by atoms with van der Waals surface area (Å²) in [6.45, 7) is 0. The number of benzene rings is 10. The molecule has 1 heterocycles. The largest absolute Gasteiger partial charge is 0.310 e. The Morgan fingerprint density at radius 1 is 0.241 bits per heavy atom. The Morgan fingerprint density at radius 3 is 1.36 bits per heavy atom. The minimum Gasteiger partial charge on any atom is -0.310 e. The van der Waals surface area contributed by atoms with E-state index in [4.69, 9.17) is 0 Å². The van der Waals surface area contributed by atoms with Crippen molar-refractivity contribution in [3.63, 3.8) is 0 Å². The van der Waals surface area contributed by atoms with Crippen LogP contribution >= 0.6 is 11.3 Å². The second-order valence-electron chi connectivity index (χ2n) is 14.9. The molecule has 0 aliphatic rings. The number of fused-ring (bicyclic) bond motifs is 6. The van der Waals surface area contributed by atoms with Crippen LogP contribution in [-0.2, 0) is 0 Å². The molecule has 272 valence electrons. The zero-order chi connectivity index (χ0) is 38.4. The average molecular weight is 756 g/mol. The van der Waals surface area contributed by atoms with Gasteiger partial charge < -0.3 is 4.90 Å². The van der Waals surface area contributed by atoms with Crippen LogP contribution in [0.4, 0.5) is 17.1 Å². The van der Waals surface area contributed by atoms with Crippen molar-refractivity contribution >= 4 is 70.1 Å². The van der Waals surface area contributed by atoms with Gasteiger partial charge in [-0.1, -0.05) is 176 Å². The van der Waals surface area contributed by atoms with Crippen LogP contribution in [0, 0.1) is 0 Å². The van der Waals surface area contributed by atoms with Crippen molar-refractivity contribution in [2.75, 3.05) is 4.90 Å². The van der Waals surface area contributed by atoms with Gasteiger partial charge in [0.05, 0.1) is 0 Å². The first-order chi connectivity index (χ1) is 28.8. The molecule has 1 nitrogen and oxygen atoms in total. The van der Waals surface area contributed by atoms with E-state index in [-0.39, 0.29) is 0 Å². The van der Waals surface area contributed by atoms with Crippen molar-refractivity contribution in [1.29, 1.82) is 0 Å². The Bertz CT molecular complexity index is 3270. The molecule has 0 N–H and O–H groups in total. The third-order valence-electron chi connectivity index (χ3n) is 11.4. The molecule has 0 aliphatic heterocycles. The fourth-order valence-corrected chi connectivity index (χ4v) is 9.90. The predicted molar refractivity (Wildman–Crippen MR) is 251 cm³/mol. The van der Waals surface area contributed by atoms with E-state index in [0.29, 0.717) is 0 Å². The van der Waals surface area contributed by atoms with Gasteiger partial charge in [0.2, 0.25) is 0 Å². The molecule has 0 saturated heterocycles. The Kier molecular flexibility index (Phi) is 8.42. The number of hydrogen-bond acceptors (Lipinski definition) is 2. The van der Waals surface area contributed by atoms with E-state index in [1.807, 2.05) is 11.3 Å². The Labute approximate surface area is 342 Å². The monoisotopic (exact) mass is 755 g/mol. The van der Waals surface area contributed by atoms with Crippen molar-refractivity contribution in [3.05, 3.63) is 224 Å². The van der Waals surface area contributed by atoms with E-state index in [2.05, 4.69) is 229 Å². The molecule has 1 aromatic heterocycles. The van der Waals surface area contributed by atoms with E-state index in [1.165, 1.54) is 86.2 Å². The van der Waals surface area contributed by atoms with Gasteiger partial charge in [0.25, 0.3) is 0 Å². The summed E-state index contributed by atoms with van der Waals surface area (Å²) in [5.41, 5.74) is 13.0. The molecule has 11 aromatic rings. The summed E-state index contributed by atoms with van der Waals surface area (Å²) < 4.78 is 2.59. The van der Waals surface area contributed by atoms with Crippen LogP contribution in [0.15, 0.2) is 224 Å². The molecule has 0 spiro atoms. The number of nitrogens with zero attached hydrogens (tertiary/aromatic N) is 1. The van der Waals surface area contributed by atoms with Gasteiger partial charge in [0.15, 0.2) is 0 Å². The molecular weight excluding hydrogens is 719 g/mol. The third kappa shape index (κ3) is 5.94. The summed E-state index contributed by atoms with van der Waals surface area (Å²) in [5.74, 6) is 0. The summed E-state index contributed by atoms with van der Waals surface area (Å²) in [5, 5.41) is 7.63. The number of rotatable bonds is 7. The quantitative estimate of drug-likeness (QED) is 0.146. The van der Waals surface area contributed by atoms with E-state index in [1.54, 1.807) is 0 Å². The van der Waals surface area contributed by atoms with Crippen LogP contribution in [0.2, 0.25) is 0 Å². The Balaban J connectivity index is 1.12. The lowest BCUT2D eigenvalue weighted by Crippen LogP contribution is -2.10. The molecular formula is C56H37NS. The molecule has 0 radical (unpaired) electrons.